The van der Waals surface area contributed by atoms with Gasteiger partial charge in [0.05, 0.1) is 0 Å². The van der Waals surface area contributed by atoms with Crippen LogP contribution < -0.4 is 0 Å². The van der Waals surface area contributed by atoms with Crippen molar-refractivity contribution in [2.45, 2.75) is 0 Å². The fourth-order valence-electron chi connectivity index (χ4n) is 5.59. The predicted octanol–water partition coefficient (Wildman–Crippen LogP) is 6.43. The van der Waals surface area contributed by atoms with Crippen molar-refractivity contribution in [2.75, 3.05) is 0 Å². The summed E-state index contributed by atoms with van der Waals surface area (Å²) in [7, 11) is 0. The minimum Gasteiger partial charge on any atom is -0.324 e. The molecular formula is C33H20CoN8NaO2. The van der Waals surface area contributed by atoms with E-state index in [1.165, 1.54) is 0 Å². The van der Waals surface area contributed by atoms with Crippen LogP contribution in [0.4, 0.5) is 4.79 Å². The number of hydrogen-bond acceptors (Lipinski definition) is 7. The third-order valence-corrected chi connectivity index (χ3v) is 7.46. The van der Waals surface area contributed by atoms with Crippen molar-refractivity contribution in [3.63, 3.8) is 0 Å². The molecular weight excluding hydrogens is 622 g/mol. The molecule has 0 fully saturated rings. The van der Waals surface area contributed by atoms with E-state index in [4.69, 9.17) is 39.8 Å². The molecule has 0 unspecified atom stereocenters. The maximum atomic E-state index is 8.86. The monoisotopic (exact) mass is 642 g/mol. The van der Waals surface area contributed by atoms with Crippen molar-refractivity contribution in [1.29, 1.82) is 0 Å². The van der Waals surface area contributed by atoms with E-state index in [2.05, 4.69) is 25.7 Å². The summed E-state index contributed by atoms with van der Waals surface area (Å²) >= 11 is 2.92. The summed E-state index contributed by atoms with van der Waals surface area (Å²) in [4.78, 5) is 44.5. The van der Waals surface area contributed by atoms with E-state index in [0.717, 1.165) is 43.8 Å². The van der Waals surface area contributed by atoms with Gasteiger partial charge < -0.3 is 9.97 Å². The van der Waals surface area contributed by atoms with Crippen molar-refractivity contribution in [1.82, 2.24) is 39.9 Å². The van der Waals surface area contributed by atoms with Gasteiger partial charge in [-0.15, -0.1) is 0 Å². The molecule has 3 aromatic heterocycles. The Morgan fingerprint density at radius 2 is 0.689 bits per heavy atom. The third kappa shape index (κ3) is 5.10. The van der Waals surface area contributed by atoms with Crippen LogP contribution in [0.25, 0.3) is 89.7 Å². The summed E-state index contributed by atoms with van der Waals surface area (Å²) in [5, 5.41) is 11.1. The summed E-state index contributed by atoms with van der Waals surface area (Å²) in [6.45, 7) is 0. The smallest absolute Gasteiger partial charge is 0.164 e. The van der Waals surface area contributed by atoms with E-state index in [9.17, 15) is 0 Å². The normalized spacial score (nSPS) is 11.2. The fourth-order valence-corrected chi connectivity index (χ4v) is 5.59. The summed E-state index contributed by atoms with van der Waals surface area (Å²) in [5.74, 6) is 2.39. The summed E-state index contributed by atoms with van der Waals surface area (Å²) < 4.78 is 0. The van der Waals surface area contributed by atoms with Crippen LogP contribution in [0, 0.1) is 0 Å². The first kappa shape index (κ1) is 29.0. The average Bonchev–Trinajstić information content (AvgIpc) is 3.76. The summed E-state index contributed by atoms with van der Waals surface area (Å²) in [6.07, 6.45) is 0. The van der Waals surface area contributed by atoms with Gasteiger partial charge in [0.2, 0.25) is 0 Å². The average molecular weight is 643 g/mol. The zero-order chi connectivity index (χ0) is 29.8. The van der Waals surface area contributed by atoms with Crippen molar-refractivity contribution < 1.29 is 25.6 Å². The van der Waals surface area contributed by atoms with Crippen LogP contribution in [-0.4, -0.2) is 79.4 Å². The molecule has 12 heteroatoms. The molecule has 0 amide bonds. The molecule has 8 bridgehead atoms. The molecule has 0 atom stereocenters. The maximum absolute atomic E-state index is 8.86. The van der Waals surface area contributed by atoms with Gasteiger partial charge >= 0.3 is 60.1 Å². The maximum Gasteiger partial charge on any atom is 0.164 e. The second-order valence-corrected chi connectivity index (χ2v) is 10.5. The molecule has 0 saturated heterocycles. The number of hydrogen-bond donors (Lipinski definition) is 3. The number of rotatable bonds is 0. The largest absolute Gasteiger partial charge is 0.324 e. The standard InChI is InChI=1S/C32H18N8.CHO2.Co.Na.H/c1-2-10-18-17(9-1)25-33-26(18)38-28-21-13-5-6-14-22(21)30(35-28)40-32-24-16-8-7-15-23(24)31(36-32)39-29-20-12-4-3-11-19(20)27(34-29)37-25;2-1-3;;;/h1-16H,(H2,33,34,35,36,37,38,39,40);(H,2,3);;;. The van der Waals surface area contributed by atoms with Crippen molar-refractivity contribution >= 4 is 78.6 Å². The second kappa shape index (κ2) is 11.6. The number of aromatic nitrogens is 8. The molecule has 2 aliphatic heterocycles. The van der Waals surface area contributed by atoms with Gasteiger partial charge in [-0.1, -0.05) is 97.1 Å². The van der Waals surface area contributed by atoms with Gasteiger partial charge in [-0.2, -0.15) is 0 Å². The van der Waals surface area contributed by atoms with E-state index >= 15 is 0 Å². The minimum atomic E-state index is -1.15. The first-order valence-corrected chi connectivity index (χ1v) is 14.1. The third-order valence-electron chi connectivity index (χ3n) is 7.46. The van der Waals surface area contributed by atoms with Crippen LogP contribution in [0.15, 0.2) is 97.1 Å². The number of fused-ring (bicyclic) bond motifs is 20. The van der Waals surface area contributed by atoms with Crippen molar-refractivity contribution in [3.05, 3.63) is 97.1 Å². The van der Waals surface area contributed by atoms with E-state index in [1.54, 1.807) is 0 Å². The Morgan fingerprint density at radius 1 is 0.467 bits per heavy atom. The molecule has 2 aliphatic rings. The van der Waals surface area contributed by atoms with Crippen molar-refractivity contribution in [2.24, 2.45) is 0 Å². The predicted molar refractivity (Wildman–Crippen MR) is 171 cm³/mol. The molecule has 0 spiro atoms. The summed E-state index contributed by atoms with van der Waals surface area (Å²) in [5.41, 5.74) is 6.45. The number of carbonyl (C=O) groups is 1. The number of nitrogens with zero attached hydrogens (tertiary/aromatic N) is 6. The molecule has 9 rings (SSSR count). The van der Waals surface area contributed by atoms with Gasteiger partial charge in [-0.05, 0) is 0 Å². The van der Waals surface area contributed by atoms with Crippen LogP contribution >= 0.6 is 0 Å². The molecule has 0 saturated carbocycles. The Kier molecular flexibility index (Phi) is 7.48. The Balaban J connectivity index is 0.000000617. The SMILES string of the molecule is O=[C](O)[Co].[NaH].c1ccc2c(c1)-c1nc-2nc2[nH]c(nc3nc(nc4[nH]c(n1)c1ccccc41)-c1ccccc1-3)c1ccccc21. The first-order chi connectivity index (χ1) is 21.5. The van der Waals surface area contributed by atoms with Gasteiger partial charge in [0, 0.05) is 43.8 Å². The summed E-state index contributed by atoms with van der Waals surface area (Å²) in [6, 6.07) is 32.2. The van der Waals surface area contributed by atoms with Crippen molar-refractivity contribution in [3.8, 4) is 45.6 Å². The number of benzene rings is 4. The number of nitrogens with one attached hydrogen (secondary N) is 2. The number of aromatic amines is 2. The molecule has 214 valence electrons. The number of carboxylic acid groups (broad SMARTS) is 1. The van der Waals surface area contributed by atoms with Crippen LogP contribution in [-0.2, 0) is 15.7 Å². The molecule has 3 N–H and O–H groups in total. The topological polar surface area (TPSA) is 146 Å². The van der Waals surface area contributed by atoms with Crippen LogP contribution in [0.5, 0.6) is 0 Å². The van der Waals surface area contributed by atoms with Gasteiger partial charge in [-0.3, -0.25) is 0 Å². The zero-order valence-corrected chi connectivity index (χ0v) is 23.7. The minimum absolute atomic E-state index is 0. The van der Waals surface area contributed by atoms with Gasteiger partial charge in [0.25, 0.3) is 0 Å². The molecule has 45 heavy (non-hydrogen) atoms. The van der Waals surface area contributed by atoms with Crippen LogP contribution in [0.1, 0.15) is 0 Å². The second-order valence-electron chi connectivity index (χ2n) is 10.0. The quantitative estimate of drug-likeness (QED) is 0.160. The van der Waals surface area contributed by atoms with E-state index in [-0.39, 0.29) is 29.6 Å². The Bertz CT molecular complexity index is 2150. The Labute approximate surface area is 285 Å². The first-order valence-electron chi connectivity index (χ1n) is 13.6. The molecule has 4 aromatic carbocycles. The fraction of sp³-hybridized carbons (Fsp3) is 0. The van der Waals surface area contributed by atoms with E-state index in [0.29, 0.717) is 45.9 Å². The zero-order valence-electron chi connectivity index (χ0n) is 22.6. The van der Waals surface area contributed by atoms with Gasteiger partial charge in [0.15, 0.2) is 23.3 Å². The number of H-pyrrole nitrogens is 2. The van der Waals surface area contributed by atoms with E-state index < -0.39 is 4.90 Å². The Hall–Kier alpha value is -4.78. The molecule has 10 nitrogen and oxygen atoms in total. The van der Waals surface area contributed by atoms with E-state index in [1.807, 2.05) is 97.1 Å². The van der Waals surface area contributed by atoms with Crippen LogP contribution in [0.2, 0.25) is 0 Å². The van der Waals surface area contributed by atoms with Gasteiger partial charge in [-0.25, -0.2) is 29.9 Å². The molecule has 0 radical (unpaired) electrons. The molecule has 5 heterocycles. The van der Waals surface area contributed by atoms with Crippen LogP contribution in [0.3, 0.4) is 0 Å². The Morgan fingerprint density at radius 3 is 0.933 bits per heavy atom. The molecule has 7 aromatic rings. The van der Waals surface area contributed by atoms with Gasteiger partial charge in [0.1, 0.15) is 22.6 Å². The molecule has 0 aliphatic carbocycles.